The maximum Gasteiger partial charge on any atom is 0.262 e. The van der Waals surface area contributed by atoms with Crippen LogP contribution in [-0.2, 0) is 20.8 Å². The fourth-order valence-electron chi connectivity index (χ4n) is 3.62. The standard InChI is InChI=1S/C20H25N3O4S/c24-18(21-11-14-5-3-9-26-14)13-28-20-22-17-8-2-1-7-16(17)19(25)23(20)12-15-6-4-10-27-15/h1-2,7-8,14-15H,3-6,9-13H2,(H,21,24)/t14-,15-/m0/s1. The lowest BCUT2D eigenvalue weighted by atomic mass is 10.2. The van der Waals surface area contributed by atoms with Crippen LogP contribution in [0.25, 0.3) is 10.9 Å². The molecule has 2 aromatic rings. The third-order valence-electron chi connectivity index (χ3n) is 5.12. The lowest BCUT2D eigenvalue weighted by molar-refractivity contribution is -0.119. The summed E-state index contributed by atoms with van der Waals surface area (Å²) in [7, 11) is 0. The molecule has 0 saturated carbocycles. The maximum absolute atomic E-state index is 13.0. The van der Waals surface area contributed by atoms with E-state index >= 15 is 0 Å². The highest BCUT2D eigenvalue weighted by Gasteiger charge is 2.21. The minimum atomic E-state index is -0.0802. The van der Waals surface area contributed by atoms with Crippen molar-refractivity contribution in [3.63, 3.8) is 0 Å². The summed E-state index contributed by atoms with van der Waals surface area (Å²) < 4.78 is 12.9. The molecule has 150 valence electrons. The van der Waals surface area contributed by atoms with Gasteiger partial charge < -0.3 is 14.8 Å². The van der Waals surface area contributed by atoms with E-state index in [1.165, 1.54) is 11.8 Å². The molecule has 0 spiro atoms. The molecule has 4 rings (SSSR count). The molecule has 28 heavy (non-hydrogen) atoms. The van der Waals surface area contributed by atoms with Crippen molar-refractivity contribution in [1.29, 1.82) is 0 Å². The Hall–Kier alpha value is -1.90. The third-order valence-corrected chi connectivity index (χ3v) is 6.10. The first-order chi connectivity index (χ1) is 13.7. The van der Waals surface area contributed by atoms with Crippen LogP contribution in [0.3, 0.4) is 0 Å². The number of amides is 1. The normalized spacial score (nSPS) is 22.0. The van der Waals surface area contributed by atoms with Crippen LogP contribution in [0.5, 0.6) is 0 Å². The highest BCUT2D eigenvalue weighted by molar-refractivity contribution is 7.99. The molecule has 2 aliphatic rings. The summed E-state index contributed by atoms with van der Waals surface area (Å²) in [5.41, 5.74) is 0.571. The second-order valence-electron chi connectivity index (χ2n) is 7.19. The van der Waals surface area contributed by atoms with Crippen LogP contribution < -0.4 is 10.9 Å². The number of benzene rings is 1. The third kappa shape index (κ3) is 4.56. The van der Waals surface area contributed by atoms with Gasteiger partial charge in [0, 0.05) is 19.8 Å². The molecular formula is C20H25N3O4S. The Morgan fingerprint density at radius 2 is 1.93 bits per heavy atom. The number of para-hydroxylation sites is 1. The summed E-state index contributed by atoms with van der Waals surface area (Å²) >= 11 is 1.29. The van der Waals surface area contributed by atoms with E-state index in [0.29, 0.717) is 29.1 Å². The van der Waals surface area contributed by atoms with Gasteiger partial charge in [0.2, 0.25) is 5.91 Å². The van der Waals surface area contributed by atoms with Crippen LogP contribution >= 0.6 is 11.8 Å². The molecule has 2 fully saturated rings. The van der Waals surface area contributed by atoms with Crippen LogP contribution in [-0.4, -0.2) is 53.2 Å². The molecule has 1 amide bonds. The van der Waals surface area contributed by atoms with Crippen LogP contribution in [0.4, 0.5) is 0 Å². The number of nitrogens with one attached hydrogen (secondary N) is 1. The number of aromatic nitrogens is 2. The van der Waals surface area contributed by atoms with Gasteiger partial charge in [0.25, 0.3) is 5.56 Å². The largest absolute Gasteiger partial charge is 0.376 e. The molecular weight excluding hydrogens is 378 g/mol. The van der Waals surface area contributed by atoms with E-state index in [4.69, 9.17) is 9.47 Å². The molecule has 0 bridgehead atoms. The molecule has 2 saturated heterocycles. The minimum absolute atomic E-state index is 0.0216. The number of rotatable bonds is 7. The highest BCUT2D eigenvalue weighted by atomic mass is 32.2. The molecule has 2 atom stereocenters. The fraction of sp³-hybridized carbons (Fsp3) is 0.550. The number of nitrogens with zero attached hydrogens (tertiary/aromatic N) is 2. The number of carbonyl (C=O) groups is 1. The van der Waals surface area contributed by atoms with E-state index in [0.717, 1.165) is 38.9 Å². The van der Waals surface area contributed by atoms with Crippen molar-refractivity contribution in [3.8, 4) is 0 Å². The van der Waals surface area contributed by atoms with E-state index in [2.05, 4.69) is 10.3 Å². The first-order valence-corrected chi connectivity index (χ1v) is 10.8. The monoisotopic (exact) mass is 403 g/mol. The predicted molar refractivity (Wildman–Crippen MR) is 108 cm³/mol. The van der Waals surface area contributed by atoms with E-state index in [9.17, 15) is 9.59 Å². The van der Waals surface area contributed by atoms with Gasteiger partial charge in [-0.05, 0) is 37.8 Å². The van der Waals surface area contributed by atoms with Gasteiger partial charge in [0.15, 0.2) is 5.16 Å². The van der Waals surface area contributed by atoms with Crippen molar-refractivity contribution in [1.82, 2.24) is 14.9 Å². The Labute approximate surface area is 167 Å². The Morgan fingerprint density at radius 3 is 2.68 bits per heavy atom. The quantitative estimate of drug-likeness (QED) is 0.562. The van der Waals surface area contributed by atoms with Gasteiger partial charge >= 0.3 is 0 Å². The van der Waals surface area contributed by atoms with Crippen molar-refractivity contribution in [2.45, 2.75) is 49.6 Å². The molecule has 2 aliphatic heterocycles. The van der Waals surface area contributed by atoms with Gasteiger partial charge in [-0.1, -0.05) is 23.9 Å². The topological polar surface area (TPSA) is 82.5 Å². The van der Waals surface area contributed by atoms with Crippen LogP contribution in [0.1, 0.15) is 25.7 Å². The minimum Gasteiger partial charge on any atom is -0.376 e. The lowest BCUT2D eigenvalue weighted by Crippen LogP contribution is -2.33. The van der Waals surface area contributed by atoms with Gasteiger partial charge in [-0.2, -0.15) is 0 Å². The summed E-state index contributed by atoms with van der Waals surface area (Å²) in [4.78, 5) is 29.9. The number of thioether (sulfide) groups is 1. The summed E-state index contributed by atoms with van der Waals surface area (Å²) in [6.07, 6.45) is 4.12. The van der Waals surface area contributed by atoms with Gasteiger partial charge in [0.05, 0.1) is 35.4 Å². The van der Waals surface area contributed by atoms with E-state index in [1.54, 1.807) is 10.6 Å². The van der Waals surface area contributed by atoms with E-state index in [-0.39, 0.29) is 29.4 Å². The average molecular weight is 404 g/mol. The van der Waals surface area contributed by atoms with Gasteiger partial charge in [0.1, 0.15) is 0 Å². The van der Waals surface area contributed by atoms with Gasteiger partial charge in [-0.15, -0.1) is 0 Å². The number of hydrogen-bond donors (Lipinski definition) is 1. The summed E-state index contributed by atoms with van der Waals surface area (Å²) in [6, 6.07) is 7.32. The Balaban J connectivity index is 1.49. The molecule has 0 unspecified atom stereocenters. The molecule has 1 N–H and O–H groups in total. The SMILES string of the molecule is O=C(CSc1nc2ccccc2c(=O)n1C[C@@H]1CCCO1)NC[C@@H]1CCCO1. The molecule has 3 heterocycles. The molecule has 1 aromatic heterocycles. The second-order valence-corrected chi connectivity index (χ2v) is 8.13. The van der Waals surface area contributed by atoms with Gasteiger partial charge in [-0.25, -0.2) is 4.98 Å². The maximum atomic E-state index is 13.0. The van der Waals surface area contributed by atoms with Crippen molar-refractivity contribution in [2.75, 3.05) is 25.5 Å². The number of carbonyl (C=O) groups excluding carboxylic acids is 1. The number of ether oxygens (including phenoxy) is 2. The predicted octanol–water partition coefficient (Wildman–Crippen LogP) is 1.96. The summed E-state index contributed by atoms with van der Waals surface area (Å²) in [5.74, 6) is 0.134. The number of hydrogen-bond acceptors (Lipinski definition) is 6. The molecule has 8 heteroatoms. The Bertz CT molecular complexity index is 889. The smallest absolute Gasteiger partial charge is 0.262 e. The lowest BCUT2D eigenvalue weighted by Gasteiger charge is -2.16. The molecule has 0 radical (unpaired) electrons. The zero-order valence-electron chi connectivity index (χ0n) is 15.8. The van der Waals surface area contributed by atoms with Crippen LogP contribution in [0.15, 0.2) is 34.2 Å². The van der Waals surface area contributed by atoms with Crippen molar-refractivity contribution >= 4 is 28.6 Å². The first kappa shape index (κ1) is 19.4. The zero-order chi connectivity index (χ0) is 19.3. The van der Waals surface area contributed by atoms with Crippen molar-refractivity contribution < 1.29 is 14.3 Å². The van der Waals surface area contributed by atoms with Crippen molar-refractivity contribution in [2.24, 2.45) is 0 Å². The summed E-state index contributed by atoms with van der Waals surface area (Å²) in [5, 5.41) is 4.07. The Kier molecular flexibility index (Phi) is 6.29. The number of fused-ring (bicyclic) bond motifs is 1. The molecule has 7 nitrogen and oxygen atoms in total. The highest BCUT2D eigenvalue weighted by Crippen LogP contribution is 2.21. The van der Waals surface area contributed by atoms with Crippen LogP contribution in [0.2, 0.25) is 0 Å². The molecule has 0 aliphatic carbocycles. The van der Waals surface area contributed by atoms with Crippen molar-refractivity contribution in [3.05, 3.63) is 34.6 Å². The van der Waals surface area contributed by atoms with Crippen LogP contribution in [0, 0.1) is 0 Å². The van der Waals surface area contributed by atoms with E-state index in [1.807, 2.05) is 18.2 Å². The van der Waals surface area contributed by atoms with Gasteiger partial charge in [-0.3, -0.25) is 14.2 Å². The first-order valence-electron chi connectivity index (χ1n) is 9.83. The van der Waals surface area contributed by atoms with E-state index < -0.39 is 0 Å². The zero-order valence-corrected chi connectivity index (χ0v) is 16.6. The fourth-order valence-corrected chi connectivity index (χ4v) is 4.46. The molecule has 1 aromatic carbocycles. The summed E-state index contributed by atoms with van der Waals surface area (Å²) in [6.45, 7) is 2.50. The Morgan fingerprint density at radius 1 is 1.18 bits per heavy atom. The average Bonchev–Trinajstić information content (AvgIpc) is 3.41. The second kappa shape index (κ2) is 9.07.